The summed E-state index contributed by atoms with van der Waals surface area (Å²) in [7, 11) is 0. The molecule has 7 heteroatoms. The number of fused-ring (bicyclic) bond motifs is 1. The maximum Gasteiger partial charge on any atom is 0.416 e. The molecule has 4 nitrogen and oxygen atoms in total. The number of hydrogen-bond acceptors (Lipinski definition) is 2. The van der Waals surface area contributed by atoms with Gasteiger partial charge in [-0.2, -0.15) is 18.3 Å². The van der Waals surface area contributed by atoms with Crippen molar-refractivity contribution in [3.8, 4) is 11.1 Å². The average Bonchev–Trinajstić information content (AvgIpc) is 3.16. The van der Waals surface area contributed by atoms with Gasteiger partial charge in [-0.1, -0.05) is 30.3 Å². The molecule has 140 valence electrons. The van der Waals surface area contributed by atoms with E-state index in [2.05, 4.69) is 15.5 Å². The number of nitrogens with zero attached hydrogens (tertiary/aromatic N) is 1. The molecule has 0 unspecified atom stereocenters. The Morgan fingerprint density at radius 3 is 2.50 bits per heavy atom. The van der Waals surface area contributed by atoms with Gasteiger partial charge in [0.05, 0.1) is 17.3 Å². The summed E-state index contributed by atoms with van der Waals surface area (Å²) < 4.78 is 39.8. The number of anilines is 1. The van der Waals surface area contributed by atoms with Crippen LogP contribution in [0.1, 0.15) is 15.9 Å². The number of carbonyl (C=O) groups excluding carboxylic acids is 1. The summed E-state index contributed by atoms with van der Waals surface area (Å²) in [6, 6.07) is 17.5. The standard InChI is InChI=1S/C21H14F3N3O/c22-21(23,24)15-10-17(18-12-25-27-19(18)11-15)13-5-4-6-14(9-13)20(28)26-16-7-2-1-3-8-16/h1-12H,(H,25,27)(H,26,28). The minimum Gasteiger partial charge on any atom is -0.322 e. The van der Waals surface area contributed by atoms with Gasteiger partial charge in [-0.15, -0.1) is 0 Å². The first-order valence-electron chi connectivity index (χ1n) is 8.43. The van der Waals surface area contributed by atoms with E-state index in [4.69, 9.17) is 0 Å². The number of H-pyrrole nitrogens is 1. The Balaban J connectivity index is 1.75. The molecule has 28 heavy (non-hydrogen) atoms. The summed E-state index contributed by atoms with van der Waals surface area (Å²) in [5.74, 6) is -0.344. The summed E-state index contributed by atoms with van der Waals surface area (Å²) in [5.41, 5.74) is 1.33. The molecule has 0 spiro atoms. The molecule has 1 amide bonds. The SMILES string of the molecule is O=C(Nc1ccccc1)c1cccc(-c2cc(C(F)(F)F)cc3[nH]ncc23)c1. The third kappa shape index (κ3) is 3.46. The first kappa shape index (κ1) is 17.8. The number of aromatic nitrogens is 2. The molecule has 0 radical (unpaired) electrons. The highest BCUT2D eigenvalue weighted by Crippen LogP contribution is 2.36. The van der Waals surface area contributed by atoms with Gasteiger partial charge >= 0.3 is 6.18 Å². The molecule has 0 aliphatic carbocycles. The van der Waals surface area contributed by atoms with Crippen molar-refractivity contribution in [2.75, 3.05) is 5.32 Å². The lowest BCUT2D eigenvalue weighted by Crippen LogP contribution is -2.11. The number of hydrogen-bond donors (Lipinski definition) is 2. The Bertz CT molecular complexity index is 1150. The minimum atomic E-state index is -4.49. The van der Waals surface area contributed by atoms with E-state index in [1.54, 1.807) is 48.5 Å². The highest BCUT2D eigenvalue weighted by molar-refractivity contribution is 6.05. The van der Waals surface area contributed by atoms with Crippen LogP contribution < -0.4 is 5.32 Å². The molecule has 3 aromatic carbocycles. The Hall–Kier alpha value is -3.61. The van der Waals surface area contributed by atoms with E-state index in [1.807, 2.05) is 6.07 Å². The van der Waals surface area contributed by atoms with Gasteiger partial charge in [0.1, 0.15) is 0 Å². The second-order valence-electron chi connectivity index (χ2n) is 6.25. The minimum absolute atomic E-state index is 0.281. The van der Waals surface area contributed by atoms with Gasteiger partial charge in [0, 0.05) is 16.6 Å². The first-order chi connectivity index (χ1) is 13.4. The molecule has 0 saturated carbocycles. The smallest absolute Gasteiger partial charge is 0.322 e. The molecule has 1 aromatic heterocycles. The topological polar surface area (TPSA) is 57.8 Å². The van der Waals surface area contributed by atoms with Crippen molar-refractivity contribution in [1.82, 2.24) is 10.2 Å². The monoisotopic (exact) mass is 381 g/mol. The van der Waals surface area contributed by atoms with E-state index in [9.17, 15) is 18.0 Å². The van der Waals surface area contributed by atoms with Crippen molar-refractivity contribution in [2.24, 2.45) is 0 Å². The molecular weight excluding hydrogens is 367 g/mol. The number of benzene rings is 3. The Kier molecular flexibility index (Phi) is 4.35. The molecule has 0 atom stereocenters. The van der Waals surface area contributed by atoms with E-state index in [1.165, 1.54) is 6.20 Å². The van der Waals surface area contributed by atoms with Crippen molar-refractivity contribution < 1.29 is 18.0 Å². The predicted octanol–water partition coefficient (Wildman–Crippen LogP) is 5.50. The molecule has 4 aromatic rings. The molecular formula is C21H14F3N3O. The lowest BCUT2D eigenvalue weighted by Gasteiger charge is -2.12. The molecule has 2 N–H and O–H groups in total. The van der Waals surface area contributed by atoms with Crippen molar-refractivity contribution in [1.29, 1.82) is 0 Å². The molecule has 1 heterocycles. The number of amides is 1. The molecule has 0 saturated heterocycles. The Morgan fingerprint density at radius 1 is 0.964 bits per heavy atom. The Labute approximate surface area is 158 Å². The summed E-state index contributed by atoms with van der Waals surface area (Å²) in [6.45, 7) is 0. The lowest BCUT2D eigenvalue weighted by atomic mass is 9.97. The number of alkyl halides is 3. The molecule has 0 bridgehead atoms. The maximum absolute atomic E-state index is 13.3. The second kappa shape index (κ2) is 6.84. The van der Waals surface area contributed by atoms with Gasteiger partial charge in [-0.25, -0.2) is 0 Å². The van der Waals surface area contributed by atoms with Crippen molar-refractivity contribution in [3.05, 3.63) is 84.1 Å². The first-order valence-corrected chi connectivity index (χ1v) is 8.43. The zero-order valence-corrected chi connectivity index (χ0v) is 14.4. The van der Waals surface area contributed by atoms with Crippen LogP contribution in [-0.2, 0) is 6.18 Å². The highest BCUT2D eigenvalue weighted by Gasteiger charge is 2.31. The van der Waals surface area contributed by atoms with Crippen LogP contribution in [0.15, 0.2) is 72.9 Å². The van der Waals surface area contributed by atoms with Gasteiger partial charge < -0.3 is 5.32 Å². The quantitative estimate of drug-likeness (QED) is 0.492. The zero-order chi connectivity index (χ0) is 19.7. The number of carbonyl (C=O) groups is 1. The van der Waals surface area contributed by atoms with Gasteiger partial charge in [-0.3, -0.25) is 9.89 Å². The van der Waals surface area contributed by atoms with Crippen LogP contribution in [0.3, 0.4) is 0 Å². The van der Waals surface area contributed by atoms with Crippen LogP contribution in [0.25, 0.3) is 22.0 Å². The Morgan fingerprint density at radius 2 is 1.75 bits per heavy atom. The number of para-hydroxylation sites is 1. The van der Waals surface area contributed by atoms with Gasteiger partial charge in [0.25, 0.3) is 5.91 Å². The van der Waals surface area contributed by atoms with Gasteiger partial charge in [0.15, 0.2) is 0 Å². The van der Waals surface area contributed by atoms with E-state index in [0.717, 1.165) is 12.1 Å². The van der Waals surface area contributed by atoms with E-state index in [0.29, 0.717) is 27.8 Å². The lowest BCUT2D eigenvalue weighted by molar-refractivity contribution is -0.137. The molecule has 0 aliphatic rings. The third-order valence-corrected chi connectivity index (χ3v) is 4.35. The molecule has 0 fully saturated rings. The summed E-state index contributed by atoms with van der Waals surface area (Å²) in [6.07, 6.45) is -3.02. The van der Waals surface area contributed by atoms with E-state index < -0.39 is 11.7 Å². The summed E-state index contributed by atoms with van der Waals surface area (Å²) in [5, 5.41) is 9.75. The average molecular weight is 381 g/mol. The second-order valence-corrected chi connectivity index (χ2v) is 6.25. The van der Waals surface area contributed by atoms with Crippen molar-refractivity contribution in [2.45, 2.75) is 6.18 Å². The number of nitrogens with one attached hydrogen (secondary N) is 2. The van der Waals surface area contributed by atoms with E-state index in [-0.39, 0.29) is 11.4 Å². The van der Waals surface area contributed by atoms with Gasteiger partial charge in [0.2, 0.25) is 0 Å². The zero-order valence-electron chi connectivity index (χ0n) is 14.4. The van der Waals surface area contributed by atoms with Crippen LogP contribution in [0.2, 0.25) is 0 Å². The van der Waals surface area contributed by atoms with Crippen LogP contribution >= 0.6 is 0 Å². The summed E-state index contributed by atoms with van der Waals surface area (Å²) in [4.78, 5) is 12.5. The fourth-order valence-corrected chi connectivity index (χ4v) is 3.01. The number of aromatic amines is 1. The van der Waals surface area contributed by atoms with Crippen molar-refractivity contribution >= 4 is 22.5 Å². The van der Waals surface area contributed by atoms with Crippen molar-refractivity contribution in [3.63, 3.8) is 0 Å². The highest BCUT2D eigenvalue weighted by atomic mass is 19.4. The summed E-state index contributed by atoms with van der Waals surface area (Å²) >= 11 is 0. The van der Waals surface area contributed by atoms with Crippen LogP contribution in [0.5, 0.6) is 0 Å². The molecule has 4 rings (SSSR count). The van der Waals surface area contributed by atoms with Gasteiger partial charge in [-0.05, 0) is 47.5 Å². The van der Waals surface area contributed by atoms with Crippen LogP contribution in [0, 0.1) is 0 Å². The fraction of sp³-hybridized carbons (Fsp3) is 0.0476. The third-order valence-electron chi connectivity index (χ3n) is 4.35. The fourth-order valence-electron chi connectivity index (χ4n) is 3.01. The number of halogens is 3. The molecule has 0 aliphatic heterocycles. The van der Waals surface area contributed by atoms with Crippen LogP contribution in [0.4, 0.5) is 18.9 Å². The van der Waals surface area contributed by atoms with Crippen LogP contribution in [-0.4, -0.2) is 16.1 Å². The largest absolute Gasteiger partial charge is 0.416 e. The number of rotatable bonds is 3. The normalized spacial score (nSPS) is 11.5. The maximum atomic E-state index is 13.3. The van der Waals surface area contributed by atoms with E-state index >= 15 is 0 Å². The predicted molar refractivity (Wildman–Crippen MR) is 101 cm³/mol.